The molecule has 92 valence electrons. The number of carbonyl (C=O) groups excluding carboxylic acids is 1. The molecular weight excluding hydrogens is 212 g/mol. The van der Waals surface area contributed by atoms with Crippen molar-refractivity contribution in [1.82, 2.24) is 0 Å². The molecule has 0 saturated heterocycles. The molecule has 0 aliphatic heterocycles. The molecule has 3 heteroatoms. The van der Waals surface area contributed by atoms with E-state index < -0.39 is 0 Å². The van der Waals surface area contributed by atoms with Gasteiger partial charge < -0.3 is 9.80 Å². The van der Waals surface area contributed by atoms with Crippen LogP contribution in [0.25, 0.3) is 0 Å². The number of anilines is 1. The van der Waals surface area contributed by atoms with Crippen LogP contribution < -0.4 is 5.32 Å². The zero-order valence-electron chi connectivity index (χ0n) is 11.1. The predicted octanol–water partition coefficient (Wildman–Crippen LogP) is 2.41. The Balaban J connectivity index is 2.68. The summed E-state index contributed by atoms with van der Waals surface area (Å²) in [5.74, 6) is -0.135. The standard InChI is InChI=1S/C14H20N2O/c1-11(2)14(17)15-13-8-6-12(7-9-13)10-16(3,4)5/h6-9H,1,10H2,2-5H3/p+1. The van der Waals surface area contributed by atoms with Gasteiger partial charge in [0.15, 0.2) is 0 Å². The van der Waals surface area contributed by atoms with Crippen LogP contribution in [0.3, 0.4) is 0 Å². The molecule has 0 bridgehead atoms. The lowest BCUT2D eigenvalue weighted by molar-refractivity contribution is -0.884. The van der Waals surface area contributed by atoms with E-state index in [0.717, 1.165) is 16.7 Å². The van der Waals surface area contributed by atoms with Gasteiger partial charge in [-0.2, -0.15) is 0 Å². The summed E-state index contributed by atoms with van der Waals surface area (Å²) in [6.07, 6.45) is 0. The second-order valence-corrected chi connectivity index (χ2v) is 5.38. The molecule has 0 aromatic heterocycles. The van der Waals surface area contributed by atoms with E-state index in [-0.39, 0.29) is 5.91 Å². The summed E-state index contributed by atoms with van der Waals surface area (Å²) in [6, 6.07) is 7.92. The van der Waals surface area contributed by atoms with E-state index in [1.54, 1.807) is 6.92 Å². The SMILES string of the molecule is C=C(C)C(=O)Nc1ccc(C[N+](C)(C)C)cc1. The van der Waals surface area contributed by atoms with Crippen molar-refractivity contribution >= 4 is 11.6 Å². The first-order valence-electron chi connectivity index (χ1n) is 5.64. The third-order valence-electron chi connectivity index (χ3n) is 2.26. The minimum atomic E-state index is -0.135. The Labute approximate surface area is 103 Å². The Bertz CT molecular complexity index is 413. The summed E-state index contributed by atoms with van der Waals surface area (Å²) in [5.41, 5.74) is 2.58. The molecule has 0 atom stereocenters. The molecule has 0 unspecified atom stereocenters. The van der Waals surface area contributed by atoms with E-state index in [1.165, 1.54) is 5.56 Å². The van der Waals surface area contributed by atoms with Gasteiger partial charge in [-0.3, -0.25) is 4.79 Å². The fourth-order valence-electron chi connectivity index (χ4n) is 1.48. The van der Waals surface area contributed by atoms with Gasteiger partial charge in [-0.15, -0.1) is 0 Å². The van der Waals surface area contributed by atoms with E-state index in [9.17, 15) is 4.79 Å². The lowest BCUT2D eigenvalue weighted by atomic mass is 10.2. The van der Waals surface area contributed by atoms with Crippen molar-refractivity contribution in [2.75, 3.05) is 26.5 Å². The van der Waals surface area contributed by atoms with Crippen molar-refractivity contribution in [2.24, 2.45) is 0 Å². The molecule has 1 aromatic rings. The molecule has 17 heavy (non-hydrogen) atoms. The first-order chi connectivity index (χ1) is 7.78. The third kappa shape index (κ3) is 4.83. The van der Waals surface area contributed by atoms with Crippen LogP contribution >= 0.6 is 0 Å². The maximum absolute atomic E-state index is 11.4. The van der Waals surface area contributed by atoms with Crippen molar-refractivity contribution in [2.45, 2.75) is 13.5 Å². The van der Waals surface area contributed by atoms with Crippen LogP contribution in [-0.4, -0.2) is 31.5 Å². The van der Waals surface area contributed by atoms with Crippen LogP contribution in [0.4, 0.5) is 5.69 Å². The van der Waals surface area contributed by atoms with Crippen LogP contribution in [0.15, 0.2) is 36.4 Å². The highest BCUT2D eigenvalue weighted by Crippen LogP contribution is 2.13. The molecule has 1 aromatic carbocycles. The molecule has 0 aliphatic carbocycles. The molecule has 0 radical (unpaired) electrons. The quantitative estimate of drug-likeness (QED) is 0.628. The number of quaternary nitrogens is 1. The number of rotatable bonds is 4. The Kier molecular flexibility index (Phi) is 4.07. The lowest BCUT2D eigenvalue weighted by Gasteiger charge is -2.23. The van der Waals surface area contributed by atoms with E-state index in [0.29, 0.717) is 5.57 Å². The average molecular weight is 233 g/mol. The molecule has 0 saturated carbocycles. The molecule has 0 fully saturated rings. The smallest absolute Gasteiger partial charge is 0.250 e. The van der Waals surface area contributed by atoms with Crippen molar-refractivity contribution in [3.8, 4) is 0 Å². The van der Waals surface area contributed by atoms with E-state index >= 15 is 0 Å². The van der Waals surface area contributed by atoms with E-state index in [2.05, 4.69) is 33.0 Å². The summed E-state index contributed by atoms with van der Waals surface area (Å²) in [6.45, 7) is 6.26. The highest BCUT2D eigenvalue weighted by Gasteiger charge is 2.08. The number of carbonyl (C=O) groups is 1. The highest BCUT2D eigenvalue weighted by molar-refractivity contribution is 6.02. The monoisotopic (exact) mass is 233 g/mol. The van der Waals surface area contributed by atoms with Gasteiger partial charge in [0.2, 0.25) is 0 Å². The fourth-order valence-corrected chi connectivity index (χ4v) is 1.48. The van der Waals surface area contributed by atoms with E-state index in [1.807, 2.05) is 24.3 Å². The van der Waals surface area contributed by atoms with Gasteiger partial charge in [0.05, 0.1) is 21.1 Å². The van der Waals surface area contributed by atoms with Crippen molar-refractivity contribution in [3.05, 3.63) is 42.0 Å². The van der Waals surface area contributed by atoms with Gasteiger partial charge in [-0.05, 0) is 19.1 Å². The summed E-state index contributed by atoms with van der Waals surface area (Å²) in [4.78, 5) is 11.4. The first-order valence-corrected chi connectivity index (χ1v) is 5.64. The molecule has 1 N–H and O–H groups in total. The lowest BCUT2D eigenvalue weighted by Crippen LogP contribution is -2.33. The molecule has 0 spiro atoms. The van der Waals surface area contributed by atoms with Gasteiger partial charge in [0, 0.05) is 16.8 Å². The Hall–Kier alpha value is -1.61. The van der Waals surface area contributed by atoms with Gasteiger partial charge in [-0.1, -0.05) is 18.7 Å². The summed E-state index contributed by atoms with van der Waals surface area (Å²) < 4.78 is 0.886. The van der Waals surface area contributed by atoms with Crippen LogP contribution in [0.2, 0.25) is 0 Å². The first kappa shape index (κ1) is 13.5. The normalized spacial score (nSPS) is 11.1. The van der Waals surface area contributed by atoms with Crippen molar-refractivity contribution in [3.63, 3.8) is 0 Å². The Morgan fingerprint density at radius 3 is 2.18 bits per heavy atom. The van der Waals surface area contributed by atoms with Gasteiger partial charge >= 0.3 is 0 Å². The maximum Gasteiger partial charge on any atom is 0.250 e. The van der Waals surface area contributed by atoms with Gasteiger partial charge in [0.1, 0.15) is 6.54 Å². The Morgan fingerprint density at radius 1 is 1.24 bits per heavy atom. The topological polar surface area (TPSA) is 29.1 Å². The molecule has 0 aliphatic rings. The summed E-state index contributed by atoms with van der Waals surface area (Å²) in [7, 11) is 6.45. The number of hydrogen-bond acceptors (Lipinski definition) is 1. The van der Waals surface area contributed by atoms with Crippen LogP contribution in [0, 0.1) is 0 Å². The molecule has 0 heterocycles. The van der Waals surface area contributed by atoms with Crippen molar-refractivity contribution < 1.29 is 9.28 Å². The number of hydrogen-bond donors (Lipinski definition) is 1. The van der Waals surface area contributed by atoms with Gasteiger partial charge in [-0.25, -0.2) is 0 Å². The second kappa shape index (κ2) is 5.15. The predicted molar refractivity (Wildman–Crippen MR) is 71.6 cm³/mol. The van der Waals surface area contributed by atoms with E-state index in [4.69, 9.17) is 0 Å². The molecule has 1 rings (SSSR count). The number of amides is 1. The number of benzene rings is 1. The highest BCUT2D eigenvalue weighted by atomic mass is 16.1. The van der Waals surface area contributed by atoms with Crippen LogP contribution in [0.1, 0.15) is 12.5 Å². The maximum atomic E-state index is 11.4. The molecule has 1 amide bonds. The summed E-state index contributed by atoms with van der Waals surface area (Å²) in [5, 5.41) is 2.79. The summed E-state index contributed by atoms with van der Waals surface area (Å²) >= 11 is 0. The zero-order chi connectivity index (χ0) is 13.1. The zero-order valence-corrected chi connectivity index (χ0v) is 11.1. The average Bonchev–Trinajstić information content (AvgIpc) is 2.18. The minimum Gasteiger partial charge on any atom is -0.327 e. The fraction of sp³-hybridized carbons (Fsp3) is 0.357. The molecular formula is C14H21N2O+. The molecule has 3 nitrogen and oxygen atoms in total. The van der Waals surface area contributed by atoms with Crippen molar-refractivity contribution in [1.29, 1.82) is 0 Å². The number of nitrogens with one attached hydrogen (secondary N) is 1. The Morgan fingerprint density at radius 2 is 1.76 bits per heavy atom. The minimum absolute atomic E-state index is 0.135. The van der Waals surface area contributed by atoms with Crippen LogP contribution in [0.5, 0.6) is 0 Å². The second-order valence-electron chi connectivity index (χ2n) is 5.38. The van der Waals surface area contributed by atoms with Gasteiger partial charge in [0.25, 0.3) is 5.91 Å². The van der Waals surface area contributed by atoms with Crippen LogP contribution in [-0.2, 0) is 11.3 Å². The largest absolute Gasteiger partial charge is 0.327 e. The third-order valence-corrected chi connectivity index (χ3v) is 2.26. The number of nitrogens with zero attached hydrogens (tertiary/aromatic N) is 1.